The highest BCUT2D eigenvalue weighted by Crippen LogP contribution is 2.50. The molecule has 0 fully saturated rings. The summed E-state index contributed by atoms with van der Waals surface area (Å²) in [6, 6.07) is 9.59. The molecule has 0 aliphatic carbocycles. The Bertz CT molecular complexity index is 923. The first-order valence-corrected chi connectivity index (χ1v) is 8.94. The molecule has 6 nitrogen and oxygen atoms in total. The van der Waals surface area contributed by atoms with Crippen molar-refractivity contribution in [2.45, 2.75) is 19.8 Å². The van der Waals surface area contributed by atoms with Crippen LogP contribution in [0.2, 0.25) is 0 Å². The molecule has 1 aliphatic rings. The molecule has 1 aliphatic heterocycles. The molecule has 0 saturated heterocycles. The van der Waals surface area contributed by atoms with E-state index in [2.05, 4.69) is 11.4 Å². The van der Waals surface area contributed by atoms with Gasteiger partial charge in [0.25, 0.3) is 0 Å². The van der Waals surface area contributed by atoms with Crippen molar-refractivity contribution in [3.8, 4) is 11.8 Å². The number of nitrogens with two attached hydrogens (primary N) is 1. The van der Waals surface area contributed by atoms with Crippen LogP contribution in [0, 0.1) is 11.3 Å². The number of fused-ring (bicyclic) bond motifs is 1. The topological polar surface area (TPSA) is 97.4 Å². The van der Waals surface area contributed by atoms with Gasteiger partial charge in [-0.15, -0.1) is 11.3 Å². The highest BCUT2D eigenvalue weighted by molar-refractivity contribution is 7.17. The van der Waals surface area contributed by atoms with Crippen LogP contribution in [0.25, 0.3) is 0 Å². The van der Waals surface area contributed by atoms with Crippen LogP contribution in [-0.4, -0.2) is 19.7 Å². The molecule has 2 heterocycles. The quantitative estimate of drug-likeness (QED) is 0.799. The molecule has 26 heavy (non-hydrogen) atoms. The van der Waals surface area contributed by atoms with Gasteiger partial charge < -0.3 is 20.5 Å². The number of thiophene rings is 1. The number of ether oxygens (including phenoxy) is 2. The van der Waals surface area contributed by atoms with Gasteiger partial charge in [-0.05, 0) is 31.5 Å². The van der Waals surface area contributed by atoms with E-state index >= 15 is 0 Å². The molecule has 0 amide bonds. The summed E-state index contributed by atoms with van der Waals surface area (Å²) in [5.74, 6) is -0.0834. The van der Waals surface area contributed by atoms with Crippen LogP contribution in [0.3, 0.4) is 0 Å². The number of hydrogen-bond donors (Lipinski definition) is 2. The lowest BCUT2D eigenvalue weighted by Gasteiger charge is -2.28. The van der Waals surface area contributed by atoms with E-state index in [1.807, 2.05) is 31.2 Å². The Hall–Kier alpha value is -2.98. The number of benzene rings is 1. The molecule has 3 rings (SSSR count). The Kier molecular flexibility index (Phi) is 4.87. The van der Waals surface area contributed by atoms with Crippen LogP contribution < -0.4 is 15.8 Å². The van der Waals surface area contributed by atoms with Crippen molar-refractivity contribution >= 4 is 28.0 Å². The van der Waals surface area contributed by atoms with Crippen LogP contribution in [0.15, 0.2) is 35.5 Å². The average Bonchev–Trinajstić information content (AvgIpc) is 2.96. The molecule has 1 aromatic heterocycles. The van der Waals surface area contributed by atoms with E-state index in [0.29, 0.717) is 21.8 Å². The predicted molar refractivity (Wildman–Crippen MR) is 101 cm³/mol. The van der Waals surface area contributed by atoms with Crippen LogP contribution in [-0.2, 0) is 9.53 Å². The van der Waals surface area contributed by atoms with Gasteiger partial charge in [-0.2, -0.15) is 5.26 Å². The van der Waals surface area contributed by atoms with Gasteiger partial charge in [-0.25, -0.2) is 4.79 Å². The second kappa shape index (κ2) is 7.10. The van der Waals surface area contributed by atoms with Gasteiger partial charge in [-0.1, -0.05) is 12.1 Å². The third-order valence-corrected chi connectivity index (χ3v) is 5.35. The number of nitrogens with one attached hydrogen (secondary N) is 1. The van der Waals surface area contributed by atoms with Crippen LogP contribution in [0.5, 0.6) is 5.75 Å². The van der Waals surface area contributed by atoms with Gasteiger partial charge in [0.15, 0.2) is 0 Å². The molecule has 0 saturated carbocycles. The average molecular weight is 369 g/mol. The van der Waals surface area contributed by atoms with E-state index in [-0.39, 0.29) is 6.61 Å². The summed E-state index contributed by atoms with van der Waals surface area (Å²) in [4.78, 5) is 13.1. The summed E-state index contributed by atoms with van der Waals surface area (Å²) in [5, 5.41) is 13.3. The molecular formula is C19H19N3O3S. The van der Waals surface area contributed by atoms with Gasteiger partial charge in [0.2, 0.25) is 0 Å². The first-order valence-electron chi connectivity index (χ1n) is 8.12. The SMILES string of the molecule is CCOC(=O)C1=C(C)Nc2sc(C#N)c(N)c2C1c1ccc(OC)cc1. The lowest BCUT2D eigenvalue weighted by molar-refractivity contribution is -0.138. The molecule has 134 valence electrons. The molecule has 3 N–H and O–H groups in total. The predicted octanol–water partition coefficient (Wildman–Crippen LogP) is 3.61. The van der Waals surface area contributed by atoms with Crippen molar-refractivity contribution in [3.05, 3.63) is 51.5 Å². The van der Waals surface area contributed by atoms with E-state index in [4.69, 9.17) is 15.2 Å². The number of nitrogens with zero attached hydrogens (tertiary/aromatic N) is 1. The molecule has 1 atom stereocenters. The number of nitrogen functional groups attached to an aromatic ring is 1. The fourth-order valence-corrected chi connectivity index (χ4v) is 4.14. The van der Waals surface area contributed by atoms with Crippen LogP contribution >= 0.6 is 11.3 Å². The number of rotatable bonds is 4. The fraction of sp³-hybridized carbons (Fsp3) is 0.263. The van der Waals surface area contributed by atoms with E-state index in [1.54, 1.807) is 14.0 Å². The summed E-state index contributed by atoms with van der Waals surface area (Å²) in [7, 11) is 1.60. The third-order valence-electron chi connectivity index (χ3n) is 4.31. The maximum absolute atomic E-state index is 12.7. The number of nitriles is 1. The second-order valence-corrected chi connectivity index (χ2v) is 6.81. The largest absolute Gasteiger partial charge is 0.497 e. The van der Waals surface area contributed by atoms with E-state index < -0.39 is 11.9 Å². The van der Waals surface area contributed by atoms with Crippen molar-refractivity contribution in [2.75, 3.05) is 24.8 Å². The third kappa shape index (κ3) is 2.89. The van der Waals surface area contributed by atoms with Crippen molar-refractivity contribution in [1.82, 2.24) is 0 Å². The number of carbonyl (C=O) groups excluding carboxylic acids is 1. The Labute approximate surface area is 155 Å². The number of methoxy groups -OCH3 is 1. The second-order valence-electron chi connectivity index (χ2n) is 5.79. The van der Waals surface area contributed by atoms with E-state index in [0.717, 1.165) is 21.9 Å². The van der Waals surface area contributed by atoms with Crippen LogP contribution in [0.4, 0.5) is 10.7 Å². The van der Waals surface area contributed by atoms with Gasteiger partial charge >= 0.3 is 5.97 Å². The van der Waals surface area contributed by atoms with Gasteiger partial charge in [-0.3, -0.25) is 0 Å². The van der Waals surface area contributed by atoms with Crippen molar-refractivity contribution in [3.63, 3.8) is 0 Å². The standard InChI is InChI=1S/C19H19N3O3S/c1-4-25-19(23)14-10(2)22-18-16(17(21)13(9-20)26-18)15(14)11-5-7-12(24-3)8-6-11/h5-8,15,22H,4,21H2,1-3H3. The Balaban J connectivity index is 2.21. The normalized spacial score (nSPS) is 15.7. The number of anilines is 2. The molecule has 1 unspecified atom stereocenters. The summed E-state index contributed by atoms with van der Waals surface area (Å²) in [6.45, 7) is 3.87. The van der Waals surface area contributed by atoms with Crippen molar-refractivity contribution in [1.29, 1.82) is 5.26 Å². The minimum absolute atomic E-state index is 0.278. The van der Waals surface area contributed by atoms with E-state index in [9.17, 15) is 10.1 Å². The van der Waals surface area contributed by atoms with E-state index in [1.165, 1.54) is 11.3 Å². The number of hydrogen-bond acceptors (Lipinski definition) is 7. The van der Waals surface area contributed by atoms with Crippen LogP contribution in [0.1, 0.15) is 35.8 Å². The molecule has 0 spiro atoms. The molecular weight excluding hydrogens is 350 g/mol. The zero-order valence-electron chi connectivity index (χ0n) is 14.8. The minimum atomic E-state index is -0.408. The molecule has 2 aromatic rings. The highest BCUT2D eigenvalue weighted by Gasteiger charge is 2.36. The first-order chi connectivity index (χ1) is 12.5. The Morgan fingerprint density at radius 1 is 1.38 bits per heavy atom. The van der Waals surface area contributed by atoms with Crippen molar-refractivity contribution < 1.29 is 14.3 Å². The Morgan fingerprint density at radius 3 is 2.65 bits per heavy atom. The van der Waals surface area contributed by atoms with Gasteiger partial charge in [0.1, 0.15) is 21.7 Å². The maximum atomic E-state index is 12.7. The summed E-state index contributed by atoms with van der Waals surface area (Å²) < 4.78 is 10.5. The summed E-state index contributed by atoms with van der Waals surface area (Å²) in [5.41, 5.74) is 9.46. The lowest BCUT2D eigenvalue weighted by Crippen LogP contribution is -2.24. The molecule has 1 aromatic carbocycles. The first kappa shape index (κ1) is 17.8. The summed E-state index contributed by atoms with van der Waals surface area (Å²) >= 11 is 1.29. The minimum Gasteiger partial charge on any atom is -0.497 e. The maximum Gasteiger partial charge on any atom is 0.336 e. The number of carbonyl (C=O) groups is 1. The smallest absolute Gasteiger partial charge is 0.336 e. The Morgan fingerprint density at radius 2 is 2.08 bits per heavy atom. The number of allylic oxidation sites excluding steroid dienone is 1. The molecule has 0 bridgehead atoms. The molecule has 0 radical (unpaired) electrons. The highest BCUT2D eigenvalue weighted by atomic mass is 32.1. The lowest BCUT2D eigenvalue weighted by atomic mass is 9.82. The fourth-order valence-electron chi connectivity index (χ4n) is 3.13. The van der Waals surface area contributed by atoms with Crippen molar-refractivity contribution in [2.24, 2.45) is 0 Å². The zero-order chi connectivity index (χ0) is 18.8. The molecule has 7 heteroatoms. The number of esters is 1. The van der Waals surface area contributed by atoms with Gasteiger partial charge in [0, 0.05) is 17.2 Å². The monoisotopic (exact) mass is 369 g/mol. The zero-order valence-corrected chi connectivity index (χ0v) is 15.6. The van der Waals surface area contributed by atoms with Gasteiger partial charge in [0.05, 0.1) is 25.0 Å². The summed E-state index contributed by atoms with van der Waals surface area (Å²) in [6.07, 6.45) is 0.